The summed E-state index contributed by atoms with van der Waals surface area (Å²) in [5, 5.41) is 12.0. The number of carbonyl (C=O) groups excluding carboxylic acids is 1. The maximum atomic E-state index is 13.9. The van der Waals surface area contributed by atoms with Crippen LogP contribution in [0.1, 0.15) is 27.7 Å². The number of carbonyl (C=O) groups is 1. The van der Waals surface area contributed by atoms with Gasteiger partial charge in [0.25, 0.3) is 10.0 Å². The summed E-state index contributed by atoms with van der Waals surface area (Å²) in [5.74, 6) is -0.733. The third-order valence-electron chi connectivity index (χ3n) is 6.13. The lowest BCUT2D eigenvalue weighted by Gasteiger charge is -2.18. The highest BCUT2D eigenvalue weighted by atomic mass is 32.2. The molecule has 5 aromatic rings. The third kappa shape index (κ3) is 3.98. The summed E-state index contributed by atoms with van der Waals surface area (Å²) in [6, 6.07) is 31.5. The van der Waals surface area contributed by atoms with Crippen molar-refractivity contribution >= 4 is 26.9 Å². The monoisotopic (exact) mass is 497 g/mol. The maximum absolute atomic E-state index is 13.9. The van der Waals surface area contributed by atoms with E-state index in [0.29, 0.717) is 10.9 Å². The number of para-hydroxylation sites is 1. The average Bonchev–Trinajstić information content (AvgIpc) is 3.29. The zero-order valence-corrected chi connectivity index (χ0v) is 20.2. The van der Waals surface area contributed by atoms with Crippen molar-refractivity contribution < 1.29 is 23.1 Å². The minimum atomic E-state index is -4.17. The van der Waals surface area contributed by atoms with E-state index in [2.05, 4.69) is 0 Å². The summed E-state index contributed by atoms with van der Waals surface area (Å²) in [5.41, 5.74) is 2.60. The van der Waals surface area contributed by atoms with Crippen molar-refractivity contribution in [1.29, 1.82) is 0 Å². The molecular weight excluding hydrogens is 474 g/mol. The van der Waals surface area contributed by atoms with Gasteiger partial charge in [-0.2, -0.15) is 0 Å². The van der Waals surface area contributed by atoms with Gasteiger partial charge in [-0.25, -0.2) is 17.2 Å². The molecule has 1 aromatic heterocycles. The predicted molar refractivity (Wildman–Crippen MR) is 138 cm³/mol. The van der Waals surface area contributed by atoms with Gasteiger partial charge in [0.2, 0.25) is 0 Å². The molecule has 4 aromatic carbocycles. The molecule has 0 amide bonds. The van der Waals surface area contributed by atoms with Crippen LogP contribution in [0.4, 0.5) is 0 Å². The molecule has 0 fully saturated rings. The van der Waals surface area contributed by atoms with Crippen LogP contribution in [0.2, 0.25) is 0 Å². The van der Waals surface area contributed by atoms with Crippen molar-refractivity contribution in [1.82, 2.24) is 3.97 Å². The van der Waals surface area contributed by atoms with Crippen LogP contribution in [0.25, 0.3) is 22.0 Å². The van der Waals surface area contributed by atoms with Crippen LogP contribution in [0.5, 0.6) is 0 Å². The number of benzene rings is 4. The van der Waals surface area contributed by atoms with Crippen molar-refractivity contribution in [3.63, 3.8) is 0 Å². The number of methoxy groups -OCH3 is 1. The van der Waals surface area contributed by atoms with Crippen LogP contribution >= 0.6 is 0 Å². The molecule has 0 aliphatic carbocycles. The van der Waals surface area contributed by atoms with Crippen LogP contribution in [-0.2, 0) is 14.8 Å². The molecule has 0 saturated heterocycles. The number of ether oxygens (including phenoxy) is 1. The second-order valence-electron chi connectivity index (χ2n) is 8.24. The normalized spacial score (nSPS) is 12.4. The highest BCUT2D eigenvalue weighted by Crippen LogP contribution is 2.37. The van der Waals surface area contributed by atoms with Gasteiger partial charge in [-0.3, -0.25) is 0 Å². The van der Waals surface area contributed by atoms with Gasteiger partial charge in [0, 0.05) is 5.39 Å². The quantitative estimate of drug-likeness (QED) is 0.317. The Balaban J connectivity index is 1.75. The van der Waals surface area contributed by atoms with E-state index in [-0.39, 0.29) is 21.7 Å². The number of esters is 1. The molecule has 1 unspecified atom stereocenters. The van der Waals surface area contributed by atoms with Crippen molar-refractivity contribution in [3.8, 4) is 11.1 Å². The number of aliphatic hydroxyl groups is 1. The fourth-order valence-corrected chi connectivity index (χ4v) is 5.98. The predicted octanol–water partition coefficient (Wildman–Crippen LogP) is 5.41. The Morgan fingerprint density at radius 3 is 1.97 bits per heavy atom. The first-order valence-corrected chi connectivity index (χ1v) is 12.7. The molecule has 7 heteroatoms. The molecule has 5 rings (SSSR count). The molecule has 0 saturated carbocycles. The summed E-state index contributed by atoms with van der Waals surface area (Å²) < 4.78 is 33.8. The number of aromatic nitrogens is 1. The lowest BCUT2D eigenvalue weighted by Crippen LogP contribution is -2.20. The number of hydrogen-bond donors (Lipinski definition) is 1. The first-order valence-electron chi connectivity index (χ1n) is 11.3. The SMILES string of the molecule is COC(=O)c1c(C(O)c2ccc(-c3ccccc3)cc2)n(S(=O)(=O)c2ccccc2)c2ccccc12. The van der Waals surface area contributed by atoms with Gasteiger partial charge in [0.05, 0.1) is 28.8 Å². The maximum Gasteiger partial charge on any atom is 0.340 e. The van der Waals surface area contributed by atoms with E-state index < -0.39 is 22.1 Å². The zero-order valence-electron chi connectivity index (χ0n) is 19.4. The molecule has 0 aliphatic rings. The second-order valence-corrected chi connectivity index (χ2v) is 10.0. The highest BCUT2D eigenvalue weighted by Gasteiger charge is 2.34. The molecule has 180 valence electrons. The molecule has 0 spiro atoms. The number of nitrogens with zero attached hydrogens (tertiary/aromatic N) is 1. The topological polar surface area (TPSA) is 85.6 Å². The zero-order chi connectivity index (χ0) is 25.3. The summed E-state index contributed by atoms with van der Waals surface area (Å²) >= 11 is 0. The Hall–Kier alpha value is -4.20. The van der Waals surface area contributed by atoms with E-state index in [9.17, 15) is 18.3 Å². The summed E-state index contributed by atoms with van der Waals surface area (Å²) in [6.45, 7) is 0. The molecular formula is C29H23NO5S. The van der Waals surface area contributed by atoms with Gasteiger partial charge < -0.3 is 9.84 Å². The summed E-state index contributed by atoms with van der Waals surface area (Å²) in [6.07, 6.45) is -1.42. The minimum Gasteiger partial charge on any atom is -0.465 e. The molecule has 0 aliphatic heterocycles. The van der Waals surface area contributed by atoms with Gasteiger partial charge in [-0.05, 0) is 34.9 Å². The van der Waals surface area contributed by atoms with Crippen molar-refractivity contribution in [2.45, 2.75) is 11.0 Å². The van der Waals surface area contributed by atoms with Gasteiger partial charge in [-0.1, -0.05) is 91.0 Å². The fourth-order valence-electron chi connectivity index (χ4n) is 4.40. The lowest BCUT2D eigenvalue weighted by molar-refractivity contribution is 0.0597. The third-order valence-corrected chi connectivity index (χ3v) is 7.87. The average molecular weight is 498 g/mol. The van der Waals surface area contributed by atoms with Crippen LogP contribution in [-0.4, -0.2) is 30.6 Å². The van der Waals surface area contributed by atoms with Gasteiger partial charge in [0.1, 0.15) is 6.10 Å². The van der Waals surface area contributed by atoms with E-state index in [1.54, 1.807) is 54.6 Å². The first kappa shape index (κ1) is 23.5. The number of fused-ring (bicyclic) bond motifs is 1. The summed E-state index contributed by atoms with van der Waals surface area (Å²) in [4.78, 5) is 13.0. The number of aliphatic hydroxyl groups excluding tert-OH is 1. The molecule has 6 nitrogen and oxygen atoms in total. The molecule has 1 N–H and O–H groups in total. The molecule has 0 radical (unpaired) electrons. The molecule has 36 heavy (non-hydrogen) atoms. The van der Waals surface area contributed by atoms with Crippen LogP contribution in [0.15, 0.2) is 114 Å². The highest BCUT2D eigenvalue weighted by molar-refractivity contribution is 7.90. The number of rotatable bonds is 6. The van der Waals surface area contributed by atoms with Crippen molar-refractivity contribution in [3.05, 3.63) is 126 Å². The molecule has 1 heterocycles. The minimum absolute atomic E-state index is 0.00671. The van der Waals surface area contributed by atoms with Crippen LogP contribution in [0, 0.1) is 0 Å². The van der Waals surface area contributed by atoms with E-state index in [0.717, 1.165) is 15.1 Å². The molecule has 1 atom stereocenters. The second kappa shape index (κ2) is 9.45. The van der Waals surface area contributed by atoms with E-state index in [1.165, 1.54) is 19.2 Å². The van der Waals surface area contributed by atoms with Gasteiger partial charge in [0.15, 0.2) is 0 Å². The van der Waals surface area contributed by atoms with Crippen LogP contribution < -0.4 is 0 Å². The Kier molecular flexibility index (Phi) is 6.18. The summed E-state index contributed by atoms with van der Waals surface area (Å²) in [7, 11) is -2.95. The first-order chi connectivity index (χ1) is 17.4. The van der Waals surface area contributed by atoms with Crippen LogP contribution in [0.3, 0.4) is 0 Å². The van der Waals surface area contributed by atoms with Crippen molar-refractivity contribution in [2.75, 3.05) is 7.11 Å². The van der Waals surface area contributed by atoms with E-state index >= 15 is 0 Å². The Morgan fingerprint density at radius 2 is 1.33 bits per heavy atom. The smallest absolute Gasteiger partial charge is 0.340 e. The Bertz CT molecular complexity index is 1640. The van der Waals surface area contributed by atoms with Crippen molar-refractivity contribution in [2.24, 2.45) is 0 Å². The largest absolute Gasteiger partial charge is 0.465 e. The van der Waals surface area contributed by atoms with E-state index in [1.807, 2.05) is 42.5 Å². The Labute approximate surface area is 209 Å². The van der Waals surface area contributed by atoms with E-state index in [4.69, 9.17) is 4.74 Å². The number of hydrogen-bond acceptors (Lipinski definition) is 5. The van der Waals surface area contributed by atoms with Gasteiger partial charge >= 0.3 is 5.97 Å². The van der Waals surface area contributed by atoms with Gasteiger partial charge in [-0.15, -0.1) is 0 Å². The molecule has 0 bridgehead atoms. The standard InChI is InChI=1S/C29H23NO5S/c1-35-29(32)26-24-14-8-9-15-25(24)30(36(33,34)23-12-6-3-7-13-23)27(26)28(31)22-18-16-21(17-19-22)20-10-4-2-5-11-20/h2-19,28,31H,1H3. The lowest BCUT2D eigenvalue weighted by atomic mass is 9.98. The Morgan fingerprint density at radius 1 is 0.778 bits per heavy atom. The fraction of sp³-hybridized carbons (Fsp3) is 0.0690.